The van der Waals surface area contributed by atoms with E-state index in [0.29, 0.717) is 26.3 Å². The Bertz CT molecular complexity index is 882. The van der Waals surface area contributed by atoms with Gasteiger partial charge in [-0.2, -0.15) is 0 Å². The van der Waals surface area contributed by atoms with E-state index in [1.807, 2.05) is 36.5 Å². The third-order valence-electron chi connectivity index (χ3n) is 4.93. The summed E-state index contributed by atoms with van der Waals surface area (Å²) in [5.41, 5.74) is 2.13. The van der Waals surface area contributed by atoms with Crippen molar-refractivity contribution in [3.05, 3.63) is 77.4 Å². The third-order valence-corrected chi connectivity index (χ3v) is 4.93. The van der Waals surface area contributed by atoms with Crippen molar-refractivity contribution in [3.63, 3.8) is 0 Å². The lowest BCUT2D eigenvalue weighted by atomic mass is 10.2. The number of fused-ring (bicyclic) bond motifs is 1. The molecule has 1 aliphatic rings. The van der Waals surface area contributed by atoms with Gasteiger partial charge in [0, 0.05) is 44.4 Å². The first-order valence-corrected chi connectivity index (χ1v) is 9.63. The minimum atomic E-state index is -0.216. The molecule has 0 radical (unpaired) electrons. The highest BCUT2D eigenvalue weighted by molar-refractivity contribution is 5.16. The maximum Gasteiger partial charge on any atom is 0.147 e. The topological polar surface area (TPSA) is 56.1 Å². The average Bonchev–Trinajstić information content (AvgIpc) is 2.94. The zero-order valence-corrected chi connectivity index (χ0v) is 15.8. The van der Waals surface area contributed by atoms with Crippen LogP contribution in [0.1, 0.15) is 22.9 Å². The Hall–Kier alpha value is -2.64. The van der Waals surface area contributed by atoms with Crippen LogP contribution in [0.15, 0.2) is 48.7 Å². The summed E-state index contributed by atoms with van der Waals surface area (Å²) in [7, 11) is 0. The highest BCUT2D eigenvalue weighted by Crippen LogP contribution is 2.14. The maximum atomic E-state index is 13.3. The largest absolute Gasteiger partial charge is 0.379 e. The molecule has 3 heterocycles. The number of nitrogens with zero attached hydrogens (tertiary/aromatic N) is 5. The maximum absolute atomic E-state index is 13.3. The van der Waals surface area contributed by atoms with Gasteiger partial charge < -0.3 is 9.30 Å². The fourth-order valence-electron chi connectivity index (χ4n) is 3.43. The summed E-state index contributed by atoms with van der Waals surface area (Å²) in [6.45, 7) is 4.37. The molecule has 146 valence electrons. The molecule has 0 amide bonds. The first-order chi connectivity index (χ1) is 13.8. The molecule has 0 atom stereocenters. The van der Waals surface area contributed by atoms with E-state index in [9.17, 15) is 4.39 Å². The lowest BCUT2D eigenvalue weighted by molar-refractivity contribution is 0.138. The molecular weight excluding hydrogens is 357 g/mol. The van der Waals surface area contributed by atoms with Crippen molar-refractivity contribution in [2.75, 3.05) is 19.8 Å². The van der Waals surface area contributed by atoms with E-state index in [1.165, 1.54) is 12.1 Å². The summed E-state index contributed by atoms with van der Waals surface area (Å²) < 4.78 is 21.0. The number of halogens is 1. The molecule has 0 saturated heterocycles. The van der Waals surface area contributed by atoms with Crippen molar-refractivity contribution in [1.82, 2.24) is 24.6 Å². The van der Waals surface area contributed by atoms with Gasteiger partial charge in [0.15, 0.2) is 0 Å². The Labute approximate surface area is 164 Å². The van der Waals surface area contributed by atoms with Gasteiger partial charge in [-0.05, 0) is 29.8 Å². The van der Waals surface area contributed by atoms with Crippen molar-refractivity contribution < 1.29 is 9.13 Å². The van der Waals surface area contributed by atoms with Gasteiger partial charge in [0.25, 0.3) is 0 Å². The van der Waals surface area contributed by atoms with Crippen LogP contribution in [0.5, 0.6) is 0 Å². The predicted molar refractivity (Wildman–Crippen MR) is 103 cm³/mol. The lowest BCUT2D eigenvalue weighted by Crippen LogP contribution is -2.27. The van der Waals surface area contributed by atoms with Crippen LogP contribution < -0.4 is 0 Å². The van der Waals surface area contributed by atoms with Crippen molar-refractivity contribution in [1.29, 1.82) is 0 Å². The fourth-order valence-corrected chi connectivity index (χ4v) is 3.43. The van der Waals surface area contributed by atoms with E-state index >= 15 is 0 Å². The molecule has 0 aliphatic carbocycles. The molecule has 4 rings (SSSR count). The Balaban J connectivity index is 1.50. The monoisotopic (exact) mass is 381 g/mol. The first kappa shape index (κ1) is 18.7. The van der Waals surface area contributed by atoms with Gasteiger partial charge in [0.05, 0.1) is 19.8 Å². The molecule has 0 fully saturated rings. The molecule has 28 heavy (non-hydrogen) atoms. The minimum absolute atomic E-state index is 0.216. The number of ether oxygens (including phenoxy) is 1. The standard InChI is InChI=1S/C21H24FN5O/c22-18-6-4-17(5-7-18)15-26(11-8-19-3-1-2-10-23-19)16-21-25-24-20-9-13-28-14-12-27(20)21/h1-7,10H,8-9,11-16H2. The van der Waals surface area contributed by atoms with Crippen LogP contribution in [0.3, 0.4) is 0 Å². The second-order valence-electron chi connectivity index (χ2n) is 6.95. The summed E-state index contributed by atoms with van der Waals surface area (Å²) in [4.78, 5) is 6.73. The molecule has 0 saturated carbocycles. The van der Waals surface area contributed by atoms with Crippen LogP contribution in [0, 0.1) is 5.82 Å². The van der Waals surface area contributed by atoms with Gasteiger partial charge in [-0.3, -0.25) is 9.88 Å². The number of rotatable bonds is 7. The minimum Gasteiger partial charge on any atom is -0.379 e. The van der Waals surface area contributed by atoms with Crippen LogP contribution in [0.2, 0.25) is 0 Å². The smallest absolute Gasteiger partial charge is 0.147 e. The number of pyridine rings is 1. The quantitative estimate of drug-likeness (QED) is 0.630. The van der Waals surface area contributed by atoms with Gasteiger partial charge in [-0.25, -0.2) is 4.39 Å². The number of benzene rings is 1. The summed E-state index contributed by atoms with van der Waals surface area (Å²) in [5.74, 6) is 1.72. The Morgan fingerprint density at radius 2 is 1.93 bits per heavy atom. The molecule has 3 aromatic rings. The second kappa shape index (κ2) is 9.03. The van der Waals surface area contributed by atoms with Crippen LogP contribution in [-0.4, -0.2) is 44.4 Å². The molecule has 0 spiro atoms. The van der Waals surface area contributed by atoms with E-state index in [2.05, 4.69) is 24.6 Å². The van der Waals surface area contributed by atoms with E-state index in [4.69, 9.17) is 4.74 Å². The first-order valence-electron chi connectivity index (χ1n) is 9.63. The van der Waals surface area contributed by atoms with E-state index < -0.39 is 0 Å². The molecule has 1 aromatic carbocycles. The van der Waals surface area contributed by atoms with Crippen molar-refractivity contribution >= 4 is 0 Å². The Kier molecular flexibility index (Phi) is 6.04. The van der Waals surface area contributed by atoms with Gasteiger partial charge in [-0.1, -0.05) is 18.2 Å². The summed E-state index contributed by atoms with van der Waals surface area (Å²) in [5, 5.41) is 8.78. The van der Waals surface area contributed by atoms with E-state index in [1.54, 1.807) is 0 Å². The third kappa shape index (κ3) is 4.79. The van der Waals surface area contributed by atoms with Gasteiger partial charge in [0.2, 0.25) is 0 Å². The van der Waals surface area contributed by atoms with Crippen molar-refractivity contribution in [3.8, 4) is 0 Å². The zero-order chi connectivity index (χ0) is 19.2. The Morgan fingerprint density at radius 3 is 2.75 bits per heavy atom. The molecule has 0 bridgehead atoms. The molecular formula is C21H24FN5O. The van der Waals surface area contributed by atoms with E-state index in [-0.39, 0.29) is 5.82 Å². The van der Waals surface area contributed by atoms with Crippen LogP contribution in [0.4, 0.5) is 4.39 Å². The van der Waals surface area contributed by atoms with E-state index in [0.717, 1.165) is 48.8 Å². The lowest BCUT2D eigenvalue weighted by Gasteiger charge is -2.22. The van der Waals surface area contributed by atoms with Crippen LogP contribution >= 0.6 is 0 Å². The molecule has 2 aromatic heterocycles. The predicted octanol–water partition coefficient (Wildman–Crippen LogP) is 2.63. The number of hydrogen-bond acceptors (Lipinski definition) is 5. The summed E-state index contributed by atoms with van der Waals surface area (Å²) in [6.07, 6.45) is 3.45. The summed E-state index contributed by atoms with van der Waals surface area (Å²) >= 11 is 0. The fraction of sp³-hybridized carbons (Fsp3) is 0.381. The highest BCUT2D eigenvalue weighted by atomic mass is 19.1. The molecule has 7 heteroatoms. The zero-order valence-electron chi connectivity index (χ0n) is 15.8. The van der Waals surface area contributed by atoms with Gasteiger partial charge in [-0.15, -0.1) is 10.2 Å². The summed E-state index contributed by atoms with van der Waals surface area (Å²) in [6, 6.07) is 12.6. The van der Waals surface area contributed by atoms with Crippen molar-refractivity contribution in [2.45, 2.75) is 32.5 Å². The van der Waals surface area contributed by atoms with Gasteiger partial charge >= 0.3 is 0 Å². The number of aromatic nitrogens is 4. The van der Waals surface area contributed by atoms with Crippen LogP contribution in [0.25, 0.3) is 0 Å². The molecule has 6 nitrogen and oxygen atoms in total. The normalized spacial score (nSPS) is 14.1. The molecule has 1 aliphatic heterocycles. The van der Waals surface area contributed by atoms with Crippen LogP contribution in [-0.2, 0) is 37.2 Å². The van der Waals surface area contributed by atoms with Crippen molar-refractivity contribution in [2.24, 2.45) is 0 Å². The molecule has 0 N–H and O–H groups in total. The molecule has 0 unspecified atom stereocenters. The average molecular weight is 381 g/mol. The number of hydrogen-bond donors (Lipinski definition) is 0. The Morgan fingerprint density at radius 1 is 1.04 bits per heavy atom. The van der Waals surface area contributed by atoms with Gasteiger partial charge in [0.1, 0.15) is 17.5 Å². The SMILES string of the molecule is Fc1ccc(CN(CCc2ccccn2)Cc2nnc3n2CCOCC3)cc1. The second-order valence-corrected chi connectivity index (χ2v) is 6.95. The highest BCUT2D eigenvalue weighted by Gasteiger charge is 2.18.